The summed E-state index contributed by atoms with van der Waals surface area (Å²) in [5.41, 5.74) is 0. The van der Waals surface area contributed by atoms with Crippen LogP contribution in [0.25, 0.3) is 0 Å². The number of rotatable bonds is 1. The Kier molecular flexibility index (Phi) is 1.95. The molecule has 0 aromatic carbocycles. The van der Waals surface area contributed by atoms with Crippen LogP contribution in [0.15, 0.2) is 0 Å². The van der Waals surface area contributed by atoms with Crippen LogP contribution >= 0.6 is 0 Å². The lowest BCUT2D eigenvalue weighted by Crippen LogP contribution is -2.27. The van der Waals surface area contributed by atoms with Crippen molar-refractivity contribution in [3.05, 3.63) is 0 Å². The Morgan fingerprint density at radius 3 is 2.42 bits per heavy atom. The van der Waals surface area contributed by atoms with Crippen molar-refractivity contribution < 1.29 is 9.53 Å². The maximum absolute atomic E-state index is 10.9. The third-order valence-corrected chi connectivity index (χ3v) is 3.13. The van der Waals surface area contributed by atoms with Crippen LogP contribution in [0.4, 0.5) is 4.79 Å². The van der Waals surface area contributed by atoms with E-state index in [2.05, 4.69) is 10.1 Å². The molecule has 2 atom stereocenters. The number of nitrogens with one attached hydrogen (secondary N) is 1. The number of hydrogen-bond donors (Lipinski definition) is 1. The van der Waals surface area contributed by atoms with Crippen molar-refractivity contribution in [3.8, 4) is 0 Å². The molecule has 0 aromatic heterocycles. The van der Waals surface area contributed by atoms with Gasteiger partial charge in [-0.25, -0.2) is 4.79 Å². The molecule has 1 amide bonds. The smallest absolute Gasteiger partial charge is 0.407 e. The van der Waals surface area contributed by atoms with E-state index in [1.54, 1.807) is 0 Å². The van der Waals surface area contributed by atoms with Crippen LogP contribution in [-0.2, 0) is 4.74 Å². The molecule has 0 aromatic rings. The summed E-state index contributed by atoms with van der Waals surface area (Å²) < 4.78 is 4.56. The van der Waals surface area contributed by atoms with Gasteiger partial charge in [0, 0.05) is 6.04 Å². The number of alkyl carbamates (subject to hydrolysis) is 1. The quantitative estimate of drug-likeness (QED) is 0.646. The highest BCUT2D eigenvalue weighted by atomic mass is 16.5. The van der Waals surface area contributed by atoms with Crippen LogP contribution in [0.3, 0.4) is 0 Å². The highest BCUT2D eigenvalue weighted by molar-refractivity contribution is 5.68. The molecule has 2 unspecified atom stereocenters. The van der Waals surface area contributed by atoms with Crippen LogP contribution in [-0.4, -0.2) is 19.2 Å². The van der Waals surface area contributed by atoms with E-state index in [9.17, 15) is 4.79 Å². The molecule has 2 saturated carbocycles. The van der Waals surface area contributed by atoms with E-state index >= 15 is 0 Å². The van der Waals surface area contributed by atoms with E-state index < -0.39 is 0 Å². The minimum absolute atomic E-state index is 0.269. The molecule has 2 aliphatic carbocycles. The van der Waals surface area contributed by atoms with Gasteiger partial charge in [-0.1, -0.05) is 12.8 Å². The number of methoxy groups -OCH3 is 1. The zero-order valence-corrected chi connectivity index (χ0v) is 7.38. The predicted octanol–water partition coefficient (Wildman–Crippen LogP) is 1.53. The molecule has 68 valence electrons. The fourth-order valence-electron chi connectivity index (χ4n) is 2.40. The van der Waals surface area contributed by atoms with Gasteiger partial charge in [-0.2, -0.15) is 0 Å². The molecule has 0 aliphatic heterocycles. The maximum atomic E-state index is 10.9. The van der Waals surface area contributed by atoms with Gasteiger partial charge in [0.05, 0.1) is 7.11 Å². The van der Waals surface area contributed by atoms with Crippen molar-refractivity contribution in [1.82, 2.24) is 5.32 Å². The van der Waals surface area contributed by atoms with Gasteiger partial charge in [0.1, 0.15) is 0 Å². The van der Waals surface area contributed by atoms with Crippen molar-refractivity contribution in [2.75, 3.05) is 7.11 Å². The lowest BCUT2D eigenvalue weighted by atomic mass is 10.0. The zero-order valence-electron chi connectivity index (χ0n) is 7.38. The van der Waals surface area contributed by atoms with E-state index in [-0.39, 0.29) is 6.09 Å². The summed E-state index contributed by atoms with van der Waals surface area (Å²) in [6.45, 7) is 0. The summed E-state index contributed by atoms with van der Waals surface area (Å²) >= 11 is 0. The highest BCUT2D eigenvalue weighted by Gasteiger charge is 2.51. The number of ether oxygens (including phenoxy) is 1. The number of carbonyl (C=O) groups excluding carboxylic acids is 1. The monoisotopic (exact) mass is 169 g/mol. The van der Waals surface area contributed by atoms with Gasteiger partial charge >= 0.3 is 6.09 Å². The molecule has 0 radical (unpaired) electrons. The summed E-state index contributed by atoms with van der Waals surface area (Å²) in [6, 6.07) is 0.431. The average Bonchev–Trinajstić information content (AvgIpc) is 2.80. The van der Waals surface area contributed by atoms with Gasteiger partial charge in [-0.05, 0) is 24.7 Å². The van der Waals surface area contributed by atoms with Crippen LogP contribution in [0, 0.1) is 11.8 Å². The van der Waals surface area contributed by atoms with E-state index in [0.29, 0.717) is 6.04 Å². The lowest BCUT2D eigenvalue weighted by molar-refractivity contribution is 0.169. The molecule has 12 heavy (non-hydrogen) atoms. The third-order valence-electron chi connectivity index (χ3n) is 3.13. The summed E-state index contributed by atoms with van der Waals surface area (Å²) in [5.74, 6) is 1.52. The number of carbonyl (C=O) groups is 1. The Balaban J connectivity index is 1.81. The molecule has 2 rings (SSSR count). The SMILES string of the molecule is COC(=O)NC1C2CCCCC21. The van der Waals surface area contributed by atoms with Crippen molar-refractivity contribution in [1.29, 1.82) is 0 Å². The average molecular weight is 169 g/mol. The first kappa shape index (κ1) is 7.90. The summed E-state index contributed by atoms with van der Waals surface area (Å²) in [4.78, 5) is 10.9. The second-order valence-electron chi connectivity index (χ2n) is 3.77. The molecular weight excluding hydrogens is 154 g/mol. The maximum Gasteiger partial charge on any atom is 0.407 e. The Morgan fingerprint density at radius 2 is 1.92 bits per heavy atom. The van der Waals surface area contributed by atoms with Gasteiger partial charge in [0.25, 0.3) is 0 Å². The molecule has 1 N–H and O–H groups in total. The van der Waals surface area contributed by atoms with E-state index in [0.717, 1.165) is 11.8 Å². The van der Waals surface area contributed by atoms with Crippen LogP contribution < -0.4 is 5.32 Å². The van der Waals surface area contributed by atoms with Crippen molar-refractivity contribution >= 4 is 6.09 Å². The first-order chi connectivity index (χ1) is 5.83. The molecule has 2 aliphatic rings. The normalized spacial score (nSPS) is 38.2. The second-order valence-corrected chi connectivity index (χ2v) is 3.77. The van der Waals surface area contributed by atoms with Gasteiger partial charge in [0.15, 0.2) is 0 Å². The zero-order chi connectivity index (χ0) is 8.55. The molecule has 0 bridgehead atoms. The fraction of sp³-hybridized carbons (Fsp3) is 0.889. The van der Waals surface area contributed by atoms with Gasteiger partial charge in [-0.3, -0.25) is 0 Å². The minimum Gasteiger partial charge on any atom is -0.453 e. The first-order valence-corrected chi connectivity index (χ1v) is 4.67. The summed E-state index contributed by atoms with van der Waals surface area (Å²) in [5, 5.41) is 2.88. The molecule has 2 fully saturated rings. The Morgan fingerprint density at radius 1 is 1.33 bits per heavy atom. The first-order valence-electron chi connectivity index (χ1n) is 4.67. The molecular formula is C9H15NO2. The Bertz CT molecular complexity index is 181. The van der Waals surface area contributed by atoms with Crippen molar-refractivity contribution in [2.24, 2.45) is 11.8 Å². The Hall–Kier alpha value is -0.730. The molecule has 0 saturated heterocycles. The lowest BCUT2D eigenvalue weighted by Gasteiger charge is -2.04. The molecule has 3 nitrogen and oxygen atoms in total. The van der Waals surface area contributed by atoms with Crippen LogP contribution in [0.1, 0.15) is 25.7 Å². The largest absolute Gasteiger partial charge is 0.453 e. The predicted molar refractivity (Wildman–Crippen MR) is 44.8 cm³/mol. The van der Waals surface area contributed by atoms with Crippen molar-refractivity contribution in [2.45, 2.75) is 31.7 Å². The topological polar surface area (TPSA) is 38.3 Å². The molecule has 0 spiro atoms. The number of fused-ring (bicyclic) bond motifs is 1. The Labute approximate surface area is 72.5 Å². The second kappa shape index (κ2) is 2.96. The van der Waals surface area contributed by atoms with Crippen molar-refractivity contribution in [3.63, 3.8) is 0 Å². The van der Waals surface area contributed by atoms with Crippen LogP contribution in [0.2, 0.25) is 0 Å². The summed E-state index contributed by atoms with van der Waals surface area (Å²) in [7, 11) is 1.42. The van der Waals surface area contributed by atoms with Crippen LogP contribution in [0.5, 0.6) is 0 Å². The van der Waals surface area contributed by atoms with Gasteiger partial charge < -0.3 is 10.1 Å². The number of amides is 1. The van der Waals surface area contributed by atoms with E-state index in [4.69, 9.17) is 0 Å². The van der Waals surface area contributed by atoms with E-state index in [1.165, 1.54) is 32.8 Å². The molecule has 3 heteroatoms. The third kappa shape index (κ3) is 1.28. The summed E-state index contributed by atoms with van der Waals surface area (Å²) in [6.07, 6.45) is 4.98. The molecule has 0 heterocycles. The number of hydrogen-bond acceptors (Lipinski definition) is 2. The van der Waals surface area contributed by atoms with Gasteiger partial charge in [0.2, 0.25) is 0 Å². The van der Waals surface area contributed by atoms with E-state index in [1.807, 2.05) is 0 Å². The standard InChI is InChI=1S/C9H15NO2/c1-12-9(11)10-8-6-4-2-3-5-7(6)8/h6-8H,2-5H2,1H3,(H,10,11). The fourth-order valence-corrected chi connectivity index (χ4v) is 2.40. The minimum atomic E-state index is -0.269. The van der Waals surface area contributed by atoms with Gasteiger partial charge in [-0.15, -0.1) is 0 Å². The highest BCUT2D eigenvalue weighted by Crippen LogP contribution is 2.49.